The first-order chi connectivity index (χ1) is 17.3. The quantitative estimate of drug-likeness (QED) is 0.457. The van der Waals surface area contributed by atoms with Crippen molar-refractivity contribution in [3.05, 3.63) is 60.2 Å². The number of amides is 2. The normalized spacial score (nSPS) is 20.2. The maximum atomic E-state index is 13.8. The SMILES string of the molecule is CCO[C@H]1CC[C@@](CSC(C)=O)(C(=O)N[C@@H](Cc2ccc(OC)cc2)C(=O)Nc2ccccc2)CC1. The standard InChI is InChI=1S/C28H36N2O5S/c1-4-35-24-14-16-28(17-15-24,19-36-20(2)31)27(33)30-25(18-21-10-12-23(34-3)13-11-21)26(32)29-22-8-6-5-7-9-22/h5-13,24-25H,4,14-19H2,1-3H3,(H,29,32)(H,30,33)/t24-,25-,28+/m0/s1. The van der Waals surface area contributed by atoms with Crippen LogP contribution < -0.4 is 15.4 Å². The van der Waals surface area contributed by atoms with Gasteiger partial charge in [-0.15, -0.1) is 0 Å². The molecule has 194 valence electrons. The molecule has 8 heteroatoms. The van der Waals surface area contributed by atoms with Crippen LogP contribution in [0.5, 0.6) is 5.75 Å². The Kier molecular flexibility index (Phi) is 10.4. The first kappa shape index (κ1) is 27.7. The molecule has 0 bridgehead atoms. The van der Waals surface area contributed by atoms with E-state index in [4.69, 9.17) is 9.47 Å². The van der Waals surface area contributed by atoms with Crippen LogP contribution in [0.25, 0.3) is 0 Å². The molecule has 0 spiro atoms. The molecule has 1 fully saturated rings. The van der Waals surface area contributed by atoms with Crippen LogP contribution in [0.2, 0.25) is 0 Å². The second-order valence-electron chi connectivity index (χ2n) is 9.15. The van der Waals surface area contributed by atoms with Gasteiger partial charge in [-0.05, 0) is 62.4 Å². The highest BCUT2D eigenvalue weighted by Crippen LogP contribution is 2.40. The lowest BCUT2D eigenvalue weighted by Crippen LogP contribution is -2.53. The molecule has 36 heavy (non-hydrogen) atoms. The minimum absolute atomic E-state index is 0.0225. The number of hydrogen-bond acceptors (Lipinski definition) is 6. The summed E-state index contributed by atoms with van der Waals surface area (Å²) in [5.41, 5.74) is 0.835. The Bertz CT molecular complexity index is 1000. The molecule has 1 atom stereocenters. The Balaban J connectivity index is 1.81. The summed E-state index contributed by atoms with van der Waals surface area (Å²) in [5, 5.41) is 5.95. The zero-order valence-corrected chi connectivity index (χ0v) is 22.1. The smallest absolute Gasteiger partial charge is 0.247 e. The minimum atomic E-state index is -0.782. The summed E-state index contributed by atoms with van der Waals surface area (Å²) >= 11 is 1.17. The van der Waals surface area contributed by atoms with Gasteiger partial charge in [-0.3, -0.25) is 14.4 Å². The molecule has 0 radical (unpaired) electrons. The van der Waals surface area contributed by atoms with E-state index in [2.05, 4.69) is 10.6 Å². The number of carbonyl (C=O) groups is 3. The number of para-hydroxylation sites is 1. The van der Waals surface area contributed by atoms with Crippen molar-refractivity contribution in [3.8, 4) is 5.75 Å². The number of benzene rings is 2. The number of ether oxygens (including phenoxy) is 2. The van der Waals surface area contributed by atoms with Gasteiger partial charge in [0.25, 0.3) is 0 Å². The molecule has 2 aromatic carbocycles. The van der Waals surface area contributed by atoms with Gasteiger partial charge < -0.3 is 20.1 Å². The number of hydrogen-bond donors (Lipinski definition) is 2. The molecule has 7 nitrogen and oxygen atoms in total. The molecule has 0 aromatic heterocycles. The number of methoxy groups -OCH3 is 1. The molecule has 2 N–H and O–H groups in total. The average Bonchev–Trinajstić information content (AvgIpc) is 2.89. The minimum Gasteiger partial charge on any atom is -0.497 e. The predicted octanol–water partition coefficient (Wildman–Crippen LogP) is 4.61. The van der Waals surface area contributed by atoms with Crippen LogP contribution in [0, 0.1) is 5.41 Å². The first-order valence-electron chi connectivity index (χ1n) is 12.4. The molecule has 0 aliphatic heterocycles. The monoisotopic (exact) mass is 512 g/mol. The molecule has 1 aliphatic rings. The van der Waals surface area contributed by atoms with Gasteiger partial charge in [0.15, 0.2) is 5.12 Å². The molecular weight excluding hydrogens is 476 g/mol. The van der Waals surface area contributed by atoms with Gasteiger partial charge in [0.1, 0.15) is 11.8 Å². The van der Waals surface area contributed by atoms with Crippen molar-refractivity contribution in [1.82, 2.24) is 5.32 Å². The summed E-state index contributed by atoms with van der Waals surface area (Å²) in [4.78, 5) is 38.9. The molecular formula is C28H36N2O5S. The third-order valence-electron chi connectivity index (χ3n) is 6.59. The second kappa shape index (κ2) is 13.5. The van der Waals surface area contributed by atoms with Crippen LogP contribution in [0.15, 0.2) is 54.6 Å². The maximum absolute atomic E-state index is 13.8. The Labute approximate surface area is 217 Å². The average molecular weight is 513 g/mol. The molecule has 2 amide bonds. The lowest BCUT2D eigenvalue weighted by molar-refractivity contribution is -0.136. The van der Waals surface area contributed by atoms with Gasteiger partial charge in [0.2, 0.25) is 11.8 Å². The van der Waals surface area contributed by atoms with E-state index in [1.807, 2.05) is 61.5 Å². The summed E-state index contributed by atoms with van der Waals surface area (Å²) in [5.74, 6) is 0.637. The fraction of sp³-hybridized carbons (Fsp3) is 0.464. The van der Waals surface area contributed by atoms with Crippen molar-refractivity contribution in [2.24, 2.45) is 5.41 Å². The Morgan fingerprint density at radius 1 is 1.06 bits per heavy atom. The third-order valence-corrected chi connectivity index (χ3v) is 7.69. The molecule has 2 aromatic rings. The van der Waals surface area contributed by atoms with E-state index in [1.54, 1.807) is 7.11 Å². The zero-order chi connectivity index (χ0) is 26.0. The van der Waals surface area contributed by atoms with Crippen LogP contribution in [0.3, 0.4) is 0 Å². The first-order valence-corrected chi connectivity index (χ1v) is 13.4. The van der Waals surface area contributed by atoms with E-state index < -0.39 is 11.5 Å². The number of nitrogens with one attached hydrogen (secondary N) is 2. The Hall–Kier alpha value is -2.84. The molecule has 0 unspecified atom stereocenters. The highest BCUT2D eigenvalue weighted by atomic mass is 32.2. The van der Waals surface area contributed by atoms with Gasteiger partial charge in [-0.1, -0.05) is 42.1 Å². The predicted molar refractivity (Wildman–Crippen MR) is 143 cm³/mol. The highest BCUT2D eigenvalue weighted by molar-refractivity contribution is 8.13. The van der Waals surface area contributed by atoms with Crippen molar-refractivity contribution in [2.45, 2.75) is 58.1 Å². The van der Waals surface area contributed by atoms with Gasteiger partial charge in [0, 0.05) is 31.4 Å². The summed E-state index contributed by atoms with van der Waals surface area (Å²) < 4.78 is 11.0. The van der Waals surface area contributed by atoms with E-state index in [1.165, 1.54) is 18.7 Å². The number of rotatable bonds is 11. The molecule has 3 rings (SSSR count). The maximum Gasteiger partial charge on any atom is 0.247 e. The fourth-order valence-electron chi connectivity index (χ4n) is 4.49. The van der Waals surface area contributed by atoms with Crippen molar-refractivity contribution in [3.63, 3.8) is 0 Å². The highest BCUT2D eigenvalue weighted by Gasteiger charge is 2.43. The van der Waals surface area contributed by atoms with Crippen molar-refractivity contribution < 1.29 is 23.9 Å². The van der Waals surface area contributed by atoms with Crippen LogP contribution in [0.1, 0.15) is 45.1 Å². The molecule has 1 saturated carbocycles. The molecule has 1 aliphatic carbocycles. The lowest BCUT2D eigenvalue weighted by atomic mass is 9.73. The number of carbonyl (C=O) groups excluding carboxylic acids is 3. The lowest BCUT2D eigenvalue weighted by Gasteiger charge is -2.39. The van der Waals surface area contributed by atoms with E-state index in [0.29, 0.717) is 37.3 Å². The topological polar surface area (TPSA) is 93.7 Å². The second-order valence-corrected chi connectivity index (χ2v) is 10.3. The Morgan fingerprint density at radius 2 is 1.72 bits per heavy atom. The summed E-state index contributed by atoms with van der Waals surface area (Å²) in [6.45, 7) is 4.12. The number of anilines is 1. The molecule has 0 saturated heterocycles. The van der Waals surface area contributed by atoms with Crippen molar-refractivity contribution in [1.29, 1.82) is 0 Å². The fourth-order valence-corrected chi connectivity index (χ4v) is 5.39. The molecule has 0 heterocycles. The van der Waals surface area contributed by atoms with Crippen molar-refractivity contribution >= 4 is 34.4 Å². The van der Waals surface area contributed by atoms with E-state index in [0.717, 1.165) is 24.2 Å². The largest absolute Gasteiger partial charge is 0.497 e. The van der Waals surface area contributed by atoms with Gasteiger partial charge in [0.05, 0.1) is 18.6 Å². The van der Waals surface area contributed by atoms with Gasteiger partial charge >= 0.3 is 0 Å². The van der Waals surface area contributed by atoms with Crippen LogP contribution in [-0.2, 0) is 25.5 Å². The third kappa shape index (κ3) is 7.83. The Morgan fingerprint density at radius 3 is 2.31 bits per heavy atom. The summed E-state index contributed by atoms with van der Waals surface area (Å²) in [6.07, 6.45) is 3.16. The van der Waals surface area contributed by atoms with Crippen LogP contribution in [-0.4, -0.2) is 48.5 Å². The van der Waals surface area contributed by atoms with Gasteiger partial charge in [-0.25, -0.2) is 0 Å². The van der Waals surface area contributed by atoms with E-state index in [9.17, 15) is 14.4 Å². The van der Waals surface area contributed by atoms with E-state index >= 15 is 0 Å². The van der Waals surface area contributed by atoms with E-state index in [-0.39, 0.29) is 23.0 Å². The van der Waals surface area contributed by atoms with Crippen LogP contribution >= 0.6 is 11.8 Å². The summed E-state index contributed by atoms with van der Waals surface area (Å²) in [7, 11) is 1.60. The van der Waals surface area contributed by atoms with Gasteiger partial charge in [-0.2, -0.15) is 0 Å². The number of thioether (sulfide) groups is 1. The zero-order valence-electron chi connectivity index (χ0n) is 21.3. The van der Waals surface area contributed by atoms with Crippen molar-refractivity contribution in [2.75, 3.05) is 24.8 Å². The van der Waals surface area contributed by atoms with Crippen LogP contribution in [0.4, 0.5) is 5.69 Å². The summed E-state index contributed by atoms with van der Waals surface area (Å²) in [6, 6.07) is 15.9.